The molecule has 0 fully saturated rings. The van der Waals surface area contributed by atoms with Gasteiger partial charge in [0.2, 0.25) is 0 Å². The van der Waals surface area contributed by atoms with Gasteiger partial charge >= 0.3 is 0 Å². The number of hydrogen-bond donors (Lipinski definition) is 0. The van der Waals surface area contributed by atoms with Gasteiger partial charge in [-0.05, 0) is 18.2 Å². The van der Waals surface area contributed by atoms with Gasteiger partial charge in [-0.15, -0.1) is 0 Å². The van der Waals surface area contributed by atoms with Crippen LogP contribution in [0.5, 0.6) is 0 Å². The lowest BCUT2D eigenvalue weighted by Gasteiger charge is -2.03. The molecule has 5 heteroatoms. The lowest BCUT2D eigenvalue weighted by molar-refractivity contribution is 0.0981. The molecule has 0 radical (unpaired) electrons. The van der Waals surface area contributed by atoms with E-state index in [1.165, 1.54) is 18.2 Å². The summed E-state index contributed by atoms with van der Waals surface area (Å²) in [5.74, 6) is 0.144. The summed E-state index contributed by atoms with van der Waals surface area (Å²) in [6.07, 6.45) is 4.34. The van der Waals surface area contributed by atoms with Crippen LogP contribution >= 0.6 is 11.6 Å². The van der Waals surface area contributed by atoms with Gasteiger partial charge < -0.3 is 4.57 Å². The van der Waals surface area contributed by atoms with Gasteiger partial charge in [0.15, 0.2) is 5.78 Å². The molecule has 0 aliphatic rings. The molecule has 94 valence electrons. The van der Waals surface area contributed by atoms with Crippen LogP contribution in [-0.2, 0) is 13.5 Å². The zero-order valence-corrected chi connectivity index (χ0v) is 10.6. The van der Waals surface area contributed by atoms with Gasteiger partial charge in [-0.2, -0.15) is 0 Å². The smallest absolute Gasteiger partial charge is 0.163 e. The fourth-order valence-electron chi connectivity index (χ4n) is 1.68. The van der Waals surface area contributed by atoms with Crippen molar-refractivity contribution in [3.05, 3.63) is 52.8 Å². The fourth-order valence-corrected chi connectivity index (χ4v) is 1.79. The van der Waals surface area contributed by atoms with Gasteiger partial charge in [-0.25, -0.2) is 9.37 Å². The van der Waals surface area contributed by atoms with Crippen molar-refractivity contribution < 1.29 is 9.18 Å². The van der Waals surface area contributed by atoms with Gasteiger partial charge in [0.25, 0.3) is 0 Å². The maximum Gasteiger partial charge on any atom is 0.163 e. The molecule has 0 atom stereocenters. The van der Waals surface area contributed by atoms with Crippen molar-refractivity contribution >= 4 is 17.4 Å². The largest absolute Gasteiger partial charge is 0.338 e. The summed E-state index contributed by atoms with van der Waals surface area (Å²) in [6, 6.07) is 4.10. The first-order valence-electron chi connectivity index (χ1n) is 5.52. The van der Waals surface area contributed by atoms with Crippen LogP contribution in [0.3, 0.4) is 0 Å². The second kappa shape index (κ2) is 5.31. The second-order valence-corrected chi connectivity index (χ2v) is 4.41. The Morgan fingerprint density at radius 1 is 1.50 bits per heavy atom. The van der Waals surface area contributed by atoms with Crippen molar-refractivity contribution in [3.63, 3.8) is 0 Å². The maximum absolute atomic E-state index is 13.2. The molecule has 0 unspecified atom stereocenters. The molecule has 1 aromatic carbocycles. The van der Waals surface area contributed by atoms with Crippen molar-refractivity contribution in [3.8, 4) is 0 Å². The number of nitrogens with zero attached hydrogens (tertiary/aromatic N) is 2. The highest BCUT2D eigenvalue weighted by molar-refractivity contribution is 6.30. The number of benzene rings is 1. The Balaban J connectivity index is 2.04. The first kappa shape index (κ1) is 12.8. The summed E-state index contributed by atoms with van der Waals surface area (Å²) in [4.78, 5) is 16.0. The highest BCUT2D eigenvalue weighted by atomic mass is 35.5. The van der Waals surface area contributed by atoms with Crippen LogP contribution in [0.15, 0.2) is 30.6 Å². The molecule has 3 nitrogen and oxygen atoms in total. The van der Waals surface area contributed by atoms with E-state index in [1.807, 2.05) is 17.8 Å². The third-order valence-corrected chi connectivity index (χ3v) is 3.04. The molecule has 0 saturated carbocycles. The number of imidazole rings is 1. The minimum absolute atomic E-state index is 0.0238. The maximum atomic E-state index is 13.2. The van der Waals surface area contributed by atoms with Crippen molar-refractivity contribution in [1.82, 2.24) is 9.55 Å². The molecule has 2 aromatic rings. The van der Waals surface area contributed by atoms with E-state index in [2.05, 4.69) is 4.98 Å². The van der Waals surface area contributed by atoms with Gasteiger partial charge in [-0.1, -0.05) is 11.6 Å². The summed E-state index contributed by atoms with van der Waals surface area (Å²) in [5.41, 5.74) is 0.339. The van der Waals surface area contributed by atoms with Gasteiger partial charge in [0.1, 0.15) is 11.6 Å². The van der Waals surface area contributed by atoms with Crippen molar-refractivity contribution in [2.75, 3.05) is 0 Å². The molecular formula is C13H12ClFN2O. The minimum atomic E-state index is -0.570. The quantitative estimate of drug-likeness (QED) is 0.798. The monoisotopic (exact) mass is 266 g/mol. The Kier molecular flexibility index (Phi) is 3.77. The van der Waals surface area contributed by atoms with E-state index in [9.17, 15) is 9.18 Å². The normalized spacial score (nSPS) is 10.6. The van der Waals surface area contributed by atoms with E-state index in [0.717, 1.165) is 5.82 Å². The number of hydrogen-bond acceptors (Lipinski definition) is 2. The van der Waals surface area contributed by atoms with Crippen LogP contribution in [0.4, 0.5) is 4.39 Å². The number of Topliss-reactive ketones (excluding diaryl/α,β-unsaturated/α-hetero) is 1. The van der Waals surface area contributed by atoms with Crippen LogP contribution in [0.1, 0.15) is 22.6 Å². The molecule has 18 heavy (non-hydrogen) atoms. The number of rotatable bonds is 4. The second-order valence-electron chi connectivity index (χ2n) is 4.01. The predicted octanol–water partition coefficient (Wildman–Crippen LogP) is 3.03. The number of carbonyl (C=O) groups is 1. The molecule has 0 bridgehead atoms. The Morgan fingerprint density at radius 3 is 2.89 bits per heavy atom. The van der Waals surface area contributed by atoms with E-state index >= 15 is 0 Å². The molecule has 1 heterocycles. The summed E-state index contributed by atoms with van der Waals surface area (Å²) < 4.78 is 15.1. The zero-order valence-electron chi connectivity index (χ0n) is 9.86. The summed E-state index contributed by atoms with van der Waals surface area (Å²) in [6.45, 7) is 0. The van der Waals surface area contributed by atoms with Crippen molar-refractivity contribution in [2.24, 2.45) is 7.05 Å². The van der Waals surface area contributed by atoms with Gasteiger partial charge in [0.05, 0.1) is 5.02 Å². The summed E-state index contributed by atoms with van der Waals surface area (Å²) in [7, 11) is 1.87. The highest BCUT2D eigenvalue weighted by Gasteiger charge is 2.10. The third-order valence-electron chi connectivity index (χ3n) is 2.74. The lowest BCUT2D eigenvalue weighted by atomic mass is 10.1. The SMILES string of the molecule is Cn1ccnc1CCC(=O)c1ccc(Cl)c(F)c1. The Labute approximate surface area is 109 Å². The minimum Gasteiger partial charge on any atom is -0.338 e. The van der Waals surface area contributed by atoms with Crippen LogP contribution in [0, 0.1) is 5.82 Å². The molecule has 1 aromatic heterocycles. The van der Waals surface area contributed by atoms with Gasteiger partial charge in [-0.3, -0.25) is 4.79 Å². The molecule has 0 amide bonds. The number of ketones is 1. The average molecular weight is 267 g/mol. The Bertz CT molecular complexity index is 580. The first-order valence-corrected chi connectivity index (χ1v) is 5.90. The molecule has 0 spiro atoms. The van der Waals surface area contributed by atoms with E-state index in [4.69, 9.17) is 11.6 Å². The molecule has 0 saturated heterocycles. The summed E-state index contributed by atoms with van der Waals surface area (Å²) >= 11 is 5.56. The third kappa shape index (κ3) is 2.76. The Morgan fingerprint density at radius 2 is 2.28 bits per heavy atom. The van der Waals surface area contributed by atoms with E-state index < -0.39 is 5.82 Å². The standard InChI is InChI=1S/C13H12ClFN2O/c1-17-7-6-16-13(17)5-4-12(18)9-2-3-10(14)11(15)8-9/h2-3,6-8H,4-5H2,1H3. The Hall–Kier alpha value is -1.68. The van der Waals surface area contributed by atoms with Crippen LogP contribution < -0.4 is 0 Å². The van der Waals surface area contributed by atoms with E-state index in [1.54, 1.807) is 6.20 Å². The highest BCUT2D eigenvalue weighted by Crippen LogP contribution is 2.17. The van der Waals surface area contributed by atoms with Crippen LogP contribution in [0.25, 0.3) is 0 Å². The zero-order chi connectivity index (χ0) is 13.1. The van der Waals surface area contributed by atoms with Crippen molar-refractivity contribution in [1.29, 1.82) is 0 Å². The van der Waals surface area contributed by atoms with E-state index in [0.29, 0.717) is 18.4 Å². The number of carbonyl (C=O) groups excluding carboxylic acids is 1. The number of halogens is 2. The first-order chi connectivity index (χ1) is 8.58. The van der Waals surface area contributed by atoms with Gasteiger partial charge in [0, 0.05) is 37.8 Å². The lowest BCUT2D eigenvalue weighted by Crippen LogP contribution is -2.05. The van der Waals surface area contributed by atoms with Crippen LogP contribution in [0.2, 0.25) is 5.02 Å². The topological polar surface area (TPSA) is 34.9 Å². The molecular weight excluding hydrogens is 255 g/mol. The molecule has 0 aliphatic heterocycles. The van der Waals surface area contributed by atoms with Crippen LogP contribution in [-0.4, -0.2) is 15.3 Å². The average Bonchev–Trinajstić information content (AvgIpc) is 2.75. The molecule has 2 rings (SSSR count). The van der Waals surface area contributed by atoms with E-state index in [-0.39, 0.29) is 10.8 Å². The summed E-state index contributed by atoms with van der Waals surface area (Å²) in [5, 5.41) is 0.0238. The fraction of sp³-hybridized carbons (Fsp3) is 0.231. The molecule has 0 aliphatic carbocycles. The molecule has 0 N–H and O–H groups in total. The van der Waals surface area contributed by atoms with Crippen molar-refractivity contribution in [2.45, 2.75) is 12.8 Å². The number of aromatic nitrogens is 2. The predicted molar refractivity (Wildman–Crippen MR) is 67.3 cm³/mol. The number of aryl methyl sites for hydroxylation is 2.